The lowest BCUT2D eigenvalue weighted by molar-refractivity contribution is -0.121. The van der Waals surface area contributed by atoms with E-state index in [1.54, 1.807) is 19.2 Å². The van der Waals surface area contributed by atoms with Gasteiger partial charge in [-0.1, -0.05) is 12.1 Å². The van der Waals surface area contributed by atoms with Crippen molar-refractivity contribution in [3.8, 4) is 5.88 Å². The molecule has 1 heterocycles. The number of likely N-dealkylation sites (N-methyl/N-ethyl adjacent to an activating group) is 1. The quantitative estimate of drug-likeness (QED) is 0.646. The van der Waals surface area contributed by atoms with Gasteiger partial charge in [-0.2, -0.15) is 0 Å². The second kappa shape index (κ2) is 8.18. The van der Waals surface area contributed by atoms with E-state index in [1.165, 1.54) is 42.1 Å². The number of primary sulfonamides is 1. The lowest BCUT2D eigenvalue weighted by atomic mass is 10.2. The fraction of sp³-hybridized carbons (Fsp3) is 0.312. The van der Waals surface area contributed by atoms with Crippen LogP contribution in [0.25, 0.3) is 0 Å². The summed E-state index contributed by atoms with van der Waals surface area (Å²) < 4.78 is 28.9. The smallest absolute Gasteiger partial charge is 0.261 e. The van der Waals surface area contributed by atoms with E-state index in [2.05, 4.69) is 10.4 Å². The minimum Gasteiger partial charge on any atom is -0.479 e. The van der Waals surface area contributed by atoms with E-state index in [-0.39, 0.29) is 35.3 Å². The number of carbonyl (C=O) groups excluding carboxylic acids is 2. The molecule has 1 aromatic carbocycles. The number of amides is 2. The van der Waals surface area contributed by atoms with Gasteiger partial charge in [0.15, 0.2) is 0 Å². The third-order valence-electron chi connectivity index (χ3n) is 3.69. The van der Waals surface area contributed by atoms with Crippen LogP contribution in [-0.4, -0.2) is 55.6 Å². The highest BCUT2D eigenvalue weighted by Gasteiger charge is 2.21. The van der Waals surface area contributed by atoms with E-state index in [0.717, 1.165) is 0 Å². The SMILES string of the molecule is COc1nn(C)cc1C(=O)N(C)CC(=O)NCc1ccc(S(N)(=O)=O)cc1. The molecule has 146 valence electrons. The number of benzene rings is 1. The number of aryl methyl sites for hydroxylation is 1. The molecule has 1 aromatic heterocycles. The van der Waals surface area contributed by atoms with Crippen LogP contribution in [-0.2, 0) is 28.4 Å². The van der Waals surface area contributed by atoms with Crippen molar-refractivity contribution < 1.29 is 22.7 Å². The zero-order chi connectivity index (χ0) is 20.2. The van der Waals surface area contributed by atoms with E-state index < -0.39 is 15.9 Å². The monoisotopic (exact) mass is 395 g/mol. The van der Waals surface area contributed by atoms with E-state index in [4.69, 9.17) is 9.88 Å². The molecule has 27 heavy (non-hydrogen) atoms. The van der Waals surface area contributed by atoms with Crippen LogP contribution in [0.2, 0.25) is 0 Å². The summed E-state index contributed by atoms with van der Waals surface area (Å²) in [6, 6.07) is 5.83. The number of sulfonamides is 1. The average Bonchev–Trinajstić information content (AvgIpc) is 2.99. The fourth-order valence-corrected chi connectivity index (χ4v) is 2.83. The molecule has 0 fully saturated rings. The number of aromatic nitrogens is 2. The Morgan fingerprint density at radius 2 is 1.93 bits per heavy atom. The molecule has 2 amide bonds. The van der Waals surface area contributed by atoms with E-state index >= 15 is 0 Å². The van der Waals surface area contributed by atoms with Crippen molar-refractivity contribution in [2.24, 2.45) is 12.2 Å². The van der Waals surface area contributed by atoms with Crippen molar-refractivity contribution in [3.05, 3.63) is 41.6 Å². The summed E-state index contributed by atoms with van der Waals surface area (Å²) in [4.78, 5) is 25.7. The van der Waals surface area contributed by atoms with Crippen LogP contribution in [0.5, 0.6) is 5.88 Å². The van der Waals surface area contributed by atoms with Gasteiger partial charge in [-0.15, -0.1) is 5.10 Å². The Hall–Kier alpha value is -2.92. The standard InChI is InChI=1S/C16H21N5O5S/c1-20(16(23)13-9-21(2)19-15(13)26-3)10-14(22)18-8-11-4-6-12(7-5-11)27(17,24)25/h4-7,9H,8,10H2,1-3H3,(H,18,22)(H2,17,24,25). The van der Waals surface area contributed by atoms with E-state index in [1.807, 2.05) is 0 Å². The van der Waals surface area contributed by atoms with Crippen molar-refractivity contribution in [3.63, 3.8) is 0 Å². The van der Waals surface area contributed by atoms with Crippen LogP contribution in [0, 0.1) is 0 Å². The largest absolute Gasteiger partial charge is 0.479 e. The van der Waals surface area contributed by atoms with E-state index in [9.17, 15) is 18.0 Å². The molecule has 0 bridgehead atoms. The summed E-state index contributed by atoms with van der Waals surface area (Å²) in [6.45, 7) is 0.0219. The van der Waals surface area contributed by atoms with Crippen LogP contribution >= 0.6 is 0 Å². The summed E-state index contributed by atoms with van der Waals surface area (Å²) in [7, 11) is 0.810. The maximum absolute atomic E-state index is 12.4. The molecule has 2 aromatic rings. The number of nitrogens with two attached hydrogens (primary N) is 1. The first-order valence-electron chi connectivity index (χ1n) is 7.83. The van der Waals surface area contributed by atoms with Crippen molar-refractivity contribution in [2.45, 2.75) is 11.4 Å². The fourth-order valence-electron chi connectivity index (χ4n) is 2.31. The molecule has 0 saturated heterocycles. The summed E-state index contributed by atoms with van der Waals surface area (Å²) in [6.07, 6.45) is 1.52. The number of methoxy groups -OCH3 is 1. The Labute approximate surface area is 156 Å². The Balaban J connectivity index is 1.92. The van der Waals surface area contributed by atoms with Gasteiger partial charge in [0, 0.05) is 26.8 Å². The summed E-state index contributed by atoms with van der Waals surface area (Å²) in [5.41, 5.74) is 0.951. The normalized spacial score (nSPS) is 11.1. The number of hydrogen-bond acceptors (Lipinski definition) is 6. The van der Waals surface area contributed by atoms with Gasteiger partial charge in [0.2, 0.25) is 21.8 Å². The van der Waals surface area contributed by atoms with Crippen LogP contribution in [0.1, 0.15) is 15.9 Å². The molecular weight excluding hydrogens is 374 g/mol. The molecule has 0 aliphatic heterocycles. The lowest BCUT2D eigenvalue weighted by Crippen LogP contribution is -2.38. The average molecular weight is 395 g/mol. The molecule has 10 nitrogen and oxygen atoms in total. The van der Waals surface area contributed by atoms with Gasteiger partial charge in [0.25, 0.3) is 5.91 Å². The van der Waals surface area contributed by atoms with Crippen LogP contribution in [0.15, 0.2) is 35.4 Å². The van der Waals surface area contributed by atoms with Crippen molar-refractivity contribution in [1.82, 2.24) is 20.0 Å². The first-order chi connectivity index (χ1) is 12.6. The van der Waals surface area contributed by atoms with Crippen molar-refractivity contribution >= 4 is 21.8 Å². The van der Waals surface area contributed by atoms with Crippen molar-refractivity contribution in [1.29, 1.82) is 0 Å². The van der Waals surface area contributed by atoms with Crippen molar-refractivity contribution in [2.75, 3.05) is 20.7 Å². The molecule has 11 heteroatoms. The highest BCUT2D eigenvalue weighted by Crippen LogP contribution is 2.16. The maximum Gasteiger partial charge on any atom is 0.261 e. The Kier molecular flexibility index (Phi) is 6.18. The van der Waals surface area contributed by atoms with Gasteiger partial charge in [-0.05, 0) is 17.7 Å². The minimum absolute atomic E-state index is 0.00618. The summed E-state index contributed by atoms with van der Waals surface area (Å²) in [5, 5.41) is 11.7. The molecule has 3 N–H and O–H groups in total. The highest BCUT2D eigenvalue weighted by atomic mass is 32.2. The number of nitrogens with one attached hydrogen (secondary N) is 1. The van der Waals surface area contributed by atoms with Crippen LogP contribution < -0.4 is 15.2 Å². The Morgan fingerprint density at radius 1 is 1.30 bits per heavy atom. The Morgan fingerprint density at radius 3 is 2.48 bits per heavy atom. The molecule has 0 saturated carbocycles. The molecule has 0 spiro atoms. The number of ether oxygens (including phenoxy) is 1. The van der Waals surface area contributed by atoms with E-state index in [0.29, 0.717) is 5.56 Å². The van der Waals surface area contributed by atoms with Gasteiger partial charge < -0.3 is 15.0 Å². The first kappa shape index (κ1) is 20.4. The van der Waals surface area contributed by atoms with Gasteiger partial charge >= 0.3 is 0 Å². The maximum atomic E-state index is 12.4. The molecule has 0 aliphatic rings. The summed E-state index contributed by atoms with van der Waals surface area (Å²) in [5.74, 6) is -0.582. The van der Waals surface area contributed by atoms with Crippen LogP contribution in [0.4, 0.5) is 0 Å². The zero-order valence-corrected chi connectivity index (χ0v) is 16.0. The topological polar surface area (TPSA) is 137 Å². The Bertz CT molecular complexity index is 937. The molecule has 2 rings (SSSR count). The molecular formula is C16H21N5O5S. The third-order valence-corrected chi connectivity index (χ3v) is 4.62. The lowest BCUT2D eigenvalue weighted by Gasteiger charge is -2.16. The minimum atomic E-state index is -3.76. The van der Waals surface area contributed by atoms with Gasteiger partial charge in [-0.3, -0.25) is 14.3 Å². The van der Waals surface area contributed by atoms with Gasteiger partial charge in [0.1, 0.15) is 5.56 Å². The predicted molar refractivity (Wildman–Crippen MR) is 96.4 cm³/mol. The molecule has 0 atom stereocenters. The second-order valence-corrected chi connectivity index (χ2v) is 7.41. The van der Waals surface area contributed by atoms with Gasteiger partial charge in [0.05, 0.1) is 18.6 Å². The zero-order valence-electron chi connectivity index (χ0n) is 15.2. The highest BCUT2D eigenvalue weighted by molar-refractivity contribution is 7.89. The molecule has 0 radical (unpaired) electrons. The third kappa shape index (κ3) is 5.28. The predicted octanol–water partition coefficient (Wildman–Crippen LogP) is -0.535. The summed E-state index contributed by atoms with van der Waals surface area (Å²) >= 11 is 0. The number of hydrogen-bond donors (Lipinski definition) is 2. The second-order valence-electron chi connectivity index (χ2n) is 5.85. The first-order valence-corrected chi connectivity index (χ1v) is 9.38. The number of rotatable bonds is 7. The van der Waals surface area contributed by atoms with Gasteiger partial charge in [-0.25, -0.2) is 13.6 Å². The van der Waals surface area contributed by atoms with Crippen LogP contribution in [0.3, 0.4) is 0 Å². The number of nitrogens with zero attached hydrogens (tertiary/aromatic N) is 3. The molecule has 0 aliphatic carbocycles. The molecule has 0 unspecified atom stereocenters. The number of carbonyl (C=O) groups is 2.